The topological polar surface area (TPSA) is 92.1 Å². The Bertz CT molecular complexity index is 1220. The highest BCUT2D eigenvalue weighted by Crippen LogP contribution is 2.41. The van der Waals surface area contributed by atoms with Gasteiger partial charge < -0.3 is 10.1 Å². The van der Waals surface area contributed by atoms with Crippen LogP contribution in [0.2, 0.25) is 0 Å². The molecule has 6 nitrogen and oxygen atoms in total. The molecule has 1 saturated carbocycles. The van der Waals surface area contributed by atoms with Crippen LogP contribution in [-0.2, 0) is 9.53 Å². The molecule has 1 aliphatic rings. The minimum absolute atomic E-state index is 0.0919. The van der Waals surface area contributed by atoms with E-state index < -0.39 is 23.8 Å². The summed E-state index contributed by atoms with van der Waals surface area (Å²) in [6.45, 7) is 0. The van der Waals surface area contributed by atoms with Gasteiger partial charge in [-0.05, 0) is 49.4 Å². The number of anilines is 1. The van der Waals surface area contributed by atoms with E-state index in [-0.39, 0.29) is 17.0 Å². The first-order valence-corrected chi connectivity index (χ1v) is 11.5. The summed E-state index contributed by atoms with van der Waals surface area (Å²) in [6.07, 6.45) is 2.48. The van der Waals surface area contributed by atoms with Gasteiger partial charge in [0.25, 0.3) is 5.91 Å². The summed E-state index contributed by atoms with van der Waals surface area (Å²) >= 11 is 1.28. The lowest BCUT2D eigenvalue weighted by Gasteiger charge is -2.19. The summed E-state index contributed by atoms with van der Waals surface area (Å²) < 4.78 is 18.9. The van der Waals surface area contributed by atoms with E-state index in [1.165, 1.54) is 36.0 Å². The van der Waals surface area contributed by atoms with Crippen LogP contribution in [0.4, 0.5) is 10.1 Å². The van der Waals surface area contributed by atoms with Crippen LogP contribution in [0.3, 0.4) is 0 Å². The van der Waals surface area contributed by atoms with Crippen molar-refractivity contribution in [1.82, 2.24) is 4.98 Å². The van der Waals surface area contributed by atoms with Crippen LogP contribution in [-0.4, -0.2) is 23.1 Å². The number of aromatic nitrogens is 1. The number of thioether (sulfide) groups is 1. The Balaban J connectivity index is 1.66. The van der Waals surface area contributed by atoms with Crippen LogP contribution in [0.1, 0.15) is 52.0 Å². The zero-order valence-electron chi connectivity index (χ0n) is 17.7. The smallest absolute Gasteiger partial charge is 0.340 e. The minimum atomic E-state index is -1.27. The van der Waals surface area contributed by atoms with Crippen LogP contribution in [0, 0.1) is 17.1 Å². The molecule has 8 heteroatoms. The number of nitrogens with one attached hydrogen (secondary N) is 1. The molecule has 1 aromatic heterocycles. The van der Waals surface area contributed by atoms with Gasteiger partial charge in [-0.25, -0.2) is 14.2 Å². The number of hydrogen-bond acceptors (Lipinski definition) is 6. The third-order valence-electron chi connectivity index (χ3n) is 5.20. The Morgan fingerprint density at radius 1 is 1.18 bits per heavy atom. The van der Waals surface area contributed by atoms with Crippen molar-refractivity contribution in [3.05, 3.63) is 88.9 Å². The standard InChI is InChI=1S/C25H20FN3O3S/c1-33-24-20(14-27)19(13-21(29-24)15-7-8-15)25(31)32-22(16-5-3-2-4-6-16)23(30)28-18-11-9-17(26)10-12-18/h2-6,9-13,15,22H,7-8H2,1H3,(H,28,30). The highest BCUT2D eigenvalue weighted by Gasteiger charge is 2.31. The molecule has 1 atom stereocenters. The van der Waals surface area contributed by atoms with Gasteiger partial charge in [0.15, 0.2) is 0 Å². The molecule has 1 heterocycles. The van der Waals surface area contributed by atoms with Gasteiger partial charge in [0.2, 0.25) is 6.10 Å². The number of rotatable bonds is 7. The SMILES string of the molecule is CSc1nc(C2CC2)cc(C(=O)OC(C(=O)Nc2ccc(F)cc2)c2ccccc2)c1C#N. The number of halogens is 1. The lowest BCUT2D eigenvalue weighted by molar-refractivity contribution is -0.125. The van der Waals surface area contributed by atoms with Crippen molar-refractivity contribution in [1.29, 1.82) is 5.26 Å². The summed E-state index contributed by atoms with van der Waals surface area (Å²) in [7, 11) is 0. The molecule has 0 radical (unpaired) electrons. The molecule has 166 valence electrons. The zero-order valence-corrected chi connectivity index (χ0v) is 18.6. The van der Waals surface area contributed by atoms with Crippen molar-refractivity contribution in [3.8, 4) is 6.07 Å². The molecule has 1 aliphatic carbocycles. The zero-order chi connectivity index (χ0) is 23.4. The molecule has 0 aliphatic heterocycles. The van der Waals surface area contributed by atoms with E-state index in [4.69, 9.17) is 4.74 Å². The number of carbonyl (C=O) groups excluding carboxylic acids is 2. The van der Waals surface area contributed by atoms with E-state index in [2.05, 4.69) is 10.3 Å². The van der Waals surface area contributed by atoms with E-state index in [1.54, 1.807) is 42.7 Å². The molecule has 1 fully saturated rings. The average Bonchev–Trinajstić information content (AvgIpc) is 3.69. The molecule has 4 rings (SSSR count). The molecular weight excluding hydrogens is 441 g/mol. The molecule has 1 amide bonds. The Hall–Kier alpha value is -3.70. The quantitative estimate of drug-likeness (QED) is 0.383. The molecule has 0 saturated heterocycles. The van der Waals surface area contributed by atoms with E-state index in [9.17, 15) is 19.2 Å². The number of amides is 1. The highest BCUT2D eigenvalue weighted by atomic mass is 32.2. The second-order valence-electron chi connectivity index (χ2n) is 7.56. The van der Waals surface area contributed by atoms with Gasteiger partial charge in [-0.1, -0.05) is 30.3 Å². The van der Waals surface area contributed by atoms with Crippen molar-refractivity contribution in [3.63, 3.8) is 0 Å². The maximum Gasteiger partial charge on any atom is 0.340 e. The molecule has 33 heavy (non-hydrogen) atoms. The number of hydrogen-bond donors (Lipinski definition) is 1. The third kappa shape index (κ3) is 5.21. The Morgan fingerprint density at radius 3 is 2.48 bits per heavy atom. The molecule has 2 aromatic carbocycles. The van der Waals surface area contributed by atoms with Crippen molar-refractivity contribution < 1.29 is 18.7 Å². The van der Waals surface area contributed by atoms with Crippen LogP contribution >= 0.6 is 11.8 Å². The Labute approximate surface area is 194 Å². The molecule has 0 spiro atoms. The number of carbonyl (C=O) groups is 2. The van der Waals surface area contributed by atoms with E-state index in [0.717, 1.165) is 18.5 Å². The second-order valence-corrected chi connectivity index (χ2v) is 8.35. The summed E-state index contributed by atoms with van der Waals surface area (Å²) in [4.78, 5) is 30.8. The van der Waals surface area contributed by atoms with E-state index in [1.807, 2.05) is 6.07 Å². The van der Waals surface area contributed by atoms with Crippen molar-refractivity contribution >= 4 is 29.3 Å². The fraction of sp³-hybridized carbons (Fsp3) is 0.200. The normalized spacial score (nSPS) is 13.6. The van der Waals surface area contributed by atoms with E-state index >= 15 is 0 Å². The first-order valence-electron chi connectivity index (χ1n) is 10.3. The molecule has 1 unspecified atom stereocenters. The third-order valence-corrected chi connectivity index (χ3v) is 5.89. The molecule has 0 bridgehead atoms. The monoisotopic (exact) mass is 461 g/mol. The minimum Gasteiger partial charge on any atom is -0.444 e. The Morgan fingerprint density at radius 2 is 1.88 bits per heavy atom. The van der Waals surface area contributed by atoms with Crippen LogP contribution in [0.5, 0.6) is 0 Å². The first-order chi connectivity index (χ1) is 16.0. The summed E-state index contributed by atoms with van der Waals surface area (Å²) in [5.41, 5.74) is 1.79. The van der Waals surface area contributed by atoms with E-state index in [0.29, 0.717) is 16.3 Å². The van der Waals surface area contributed by atoms with Gasteiger partial charge in [0.05, 0.1) is 11.1 Å². The maximum absolute atomic E-state index is 13.2. The average molecular weight is 462 g/mol. The molecule has 1 N–H and O–H groups in total. The van der Waals surface area contributed by atoms with Gasteiger partial charge in [0.1, 0.15) is 16.9 Å². The fourth-order valence-electron chi connectivity index (χ4n) is 3.36. The van der Waals surface area contributed by atoms with Gasteiger partial charge in [-0.15, -0.1) is 11.8 Å². The number of esters is 1. The highest BCUT2D eigenvalue weighted by molar-refractivity contribution is 7.98. The molecule has 3 aromatic rings. The number of benzene rings is 2. The van der Waals surface area contributed by atoms with Gasteiger partial charge in [-0.2, -0.15) is 5.26 Å². The summed E-state index contributed by atoms with van der Waals surface area (Å²) in [6, 6.07) is 17.5. The summed E-state index contributed by atoms with van der Waals surface area (Å²) in [5, 5.41) is 12.8. The second kappa shape index (κ2) is 9.84. The lowest BCUT2D eigenvalue weighted by atomic mass is 10.1. The first kappa shape index (κ1) is 22.5. The predicted octanol–water partition coefficient (Wildman–Crippen LogP) is 5.23. The largest absolute Gasteiger partial charge is 0.444 e. The van der Waals surface area contributed by atoms with Crippen LogP contribution < -0.4 is 5.32 Å². The summed E-state index contributed by atoms with van der Waals surface area (Å²) in [5.74, 6) is -1.55. The number of nitriles is 1. The number of pyridine rings is 1. The van der Waals surface area contributed by atoms with Crippen molar-refractivity contribution in [2.75, 3.05) is 11.6 Å². The van der Waals surface area contributed by atoms with Gasteiger partial charge in [0, 0.05) is 22.9 Å². The van der Waals surface area contributed by atoms with Crippen molar-refractivity contribution in [2.45, 2.75) is 29.9 Å². The van der Waals surface area contributed by atoms with Crippen LogP contribution in [0.15, 0.2) is 65.7 Å². The number of nitrogens with zero attached hydrogens (tertiary/aromatic N) is 2. The molecular formula is C25H20FN3O3S. The van der Waals surface area contributed by atoms with Gasteiger partial charge >= 0.3 is 5.97 Å². The number of ether oxygens (including phenoxy) is 1. The van der Waals surface area contributed by atoms with Crippen LogP contribution in [0.25, 0.3) is 0 Å². The van der Waals surface area contributed by atoms with Crippen molar-refractivity contribution in [2.24, 2.45) is 0 Å². The van der Waals surface area contributed by atoms with Gasteiger partial charge in [-0.3, -0.25) is 4.79 Å². The Kier molecular flexibility index (Phi) is 6.71. The fourth-order valence-corrected chi connectivity index (χ4v) is 3.91. The predicted molar refractivity (Wildman–Crippen MR) is 122 cm³/mol. The lowest BCUT2D eigenvalue weighted by Crippen LogP contribution is -2.26. The maximum atomic E-state index is 13.2.